The van der Waals surface area contributed by atoms with Crippen molar-refractivity contribution >= 4 is 31.8 Å². The van der Waals surface area contributed by atoms with Gasteiger partial charge in [-0.15, -0.1) is 0 Å². The van der Waals surface area contributed by atoms with Gasteiger partial charge < -0.3 is 14.2 Å². The van der Waals surface area contributed by atoms with Crippen molar-refractivity contribution in [3.05, 3.63) is 29.8 Å². The first-order valence-corrected chi connectivity index (χ1v) is 16.8. The molecule has 0 saturated heterocycles. The van der Waals surface area contributed by atoms with E-state index in [1.54, 1.807) is 67.5 Å². The molecule has 0 heterocycles. The Morgan fingerprint density at radius 1 is 0.723 bits per heavy atom. The number of esters is 1. The molecule has 1 aromatic carbocycles. The van der Waals surface area contributed by atoms with E-state index in [1.165, 1.54) is 12.1 Å². The van der Waals surface area contributed by atoms with Crippen molar-refractivity contribution in [2.45, 2.75) is 161 Å². The van der Waals surface area contributed by atoms with Crippen LogP contribution in [0.3, 0.4) is 0 Å². The first-order valence-electron chi connectivity index (χ1n) is 13.3. The van der Waals surface area contributed by atoms with E-state index in [1.807, 2.05) is 0 Å². The number of carbonyl (C=O) groups excluding carboxylic acids is 2. The van der Waals surface area contributed by atoms with Gasteiger partial charge in [-0.1, -0.05) is 78.5 Å². The molecule has 6 unspecified atom stereocenters. The van der Waals surface area contributed by atoms with Gasteiger partial charge in [-0.3, -0.25) is 4.79 Å². The topological polar surface area (TPSA) is 130 Å². The Kier molecular flexibility index (Phi) is 23.3. The molecule has 9 nitrogen and oxygen atoms in total. The van der Waals surface area contributed by atoms with E-state index >= 15 is 0 Å². The molecule has 0 spiro atoms. The molecule has 0 aromatic heterocycles. The fourth-order valence-electron chi connectivity index (χ4n) is 6.01. The SMILES string of the molecule is C.C.C.C.C.C.C.C.CCC(C)(c1ccc(OC(=O)OC(C)(C)C)cc1)S(=O)(=O)C1C2CC(C(=O)OC(C)(C)C)C(C2)C1S(C)(=O)=O. The number of benzene rings is 1. The lowest BCUT2D eigenvalue weighted by Gasteiger charge is -2.39. The third-order valence-corrected chi connectivity index (χ3v) is 12.8. The molecule has 0 radical (unpaired) electrons. The molecule has 2 bridgehead atoms. The smallest absolute Gasteiger partial charge is 0.460 e. The van der Waals surface area contributed by atoms with Crippen LogP contribution in [0.4, 0.5) is 4.79 Å². The molecule has 2 aliphatic carbocycles. The Morgan fingerprint density at radius 3 is 1.55 bits per heavy atom. The lowest BCUT2D eigenvalue weighted by Crippen LogP contribution is -2.53. The van der Waals surface area contributed by atoms with Crippen LogP contribution < -0.4 is 4.74 Å². The molecule has 11 heteroatoms. The van der Waals surface area contributed by atoms with E-state index < -0.39 is 76.0 Å². The molecular formula is C36H74O9S2. The Bertz CT molecular complexity index is 1310. The van der Waals surface area contributed by atoms with Crippen LogP contribution in [0.2, 0.25) is 0 Å². The molecule has 0 N–H and O–H groups in total. The summed E-state index contributed by atoms with van der Waals surface area (Å²) in [6.45, 7) is 13.7. The third-order valence-electron chi connectivity index (χ3n) is 7.78. The number of rotatable bonds is 7. The largest absolute Gasteiger partial charge is 0.514 e. The van der Waals surface area contributed by atoms with Crippen molar-refractivity contribution in [2.75, 3.05) is 6.26 Å². The third kappa shape index (κ3) is 12.1. The van der Waals surface area contributed by atoms with Crippen LogP contribution in [-0.2, 0) is 38.7 Å². The fourth-order valence-corrected chi connectivity index (χ4v) is 11.4. The lowest BCUT2D eigenvalue weighted by molar-refractivity contribution is -0.161. The van der Waals surface area contributed by atoms with E-state index in [-0.39, 0.29) is 78.0 Å². The highest BCUT2D eigenvalue weighted by Gasteiger charge is 2.65. The molecule has 3 rings (SSSR count). The highest BCUT2D eigenvalue weighted by molar-refractivity contribution is 7.96. The lowest BCUT2D eigenvalue weighted by atomic mass is 9.88. The van der Waals surface area contributed by atoms with Gasteiger partial charge in [0.25, 0.3) is 0 Å². The molecule has 2 aliphatic rings. The molecule has 2 fully saturated rings. The van der Waals surface area contributed by atoms with E-state index in [2.05, 4.69) is 0 Å². The molecule has 1 aromatic rings. The number of hydrogen-bond donors (Lipinski definition) is 0. The number of ether oxygens (including phenoxy) is 3. The summed E-state index contributed by atoms with van der Waals surface area (Å²) >= 11 is 0. The Hall–Kier alpha value is -2.14. The molecule has 284 valence electrons. The zero-order valence-corrected chi connectivity index (χ0v) is 25.9. The van der Waals surface area contributed by atoms with Gasteiger partial charge in [-0.05, 0) is 97.3 Å². The van der Waals surface area contributed by atoms with Gasteiger partial charge in [0.2, 0.25) is 0 Å². The second-order valence-electron chi connectivity index (χ2n) is 13.0. The van der Waals surface area contributed by atoms with Crippen molar-refractivity contribution in [1.29, 1.82) is 0 Å². The van der Waals surface area contributed by atoms with Gasteiger partial charge in [0.05, 0.1) is 21.2 Å². The predicted molar refractivity (Wildman–Crippen MR) is 202 cm³/mol. The number of fused-ring (bicyclic) bond motifs is 2. The highest BCUT2D eigenvalue weighted by atomic mass is 32.2. The minimum absolute atomic E-state index is 0. The summed E-state index contributed by atoms with van der Waals surface area (Å²) in [5, 5.41) is -2.33. The normalized spacial score (nSPS) is 22.4. The summed E-state index contributed by atoms with van der Waals surface area (Å²) in [6, 6.07) is 6.14. The summed E-state index contributed by atoms with van der Waals surface area (Å²) in [7, 11) is -7.89. The predicted octanol–water partition coefficient (Wildman–Crippen LogP) is 9.91. The van der Waals surface area contributed by atoms with Crippen LogP contribution in [0.1, 0.15) is 140 Å². The van der Waals surface area contributed by atoms with Crippen molar-refractivity contribution in [1.82, 2.24) is 0 Å². The Labute approximate surface area is 291 Å². The summed E-state index contributed by atoms with van der Waals surface area (Å²) in [6.07, 6.45) is 0.991. The zero-order chi connectivity index (χ0) is 29.8. The number of carbonyl (C=O) groups is 2. The minimum Gasteiger partial charge on any atom is -0.460 e. The molecular weight excluding hydrogens is 641 g/mol. The number of hydrogen-bond acceptors (Lipinski definition) is 9. The quantitative estimate of drug-likeness (QED) is 0.200. The maximum absolute atomic E-state index is 14.4. The van der Waals surface area contributed by atoms with Gasteiger partial charge in [-0.25, -0.2) is 21.6 Å². The molecule has 47 heavy (non-hydrogen) atoms. The minimum atomic E-state index is -4.07. The van der Waals surface area contributed by atoms with Crippen LogP contribution in [0.25, 0.3) is 0 Å². The van der Waals surface area contributed by atoms with E-state index in [0.717, 1.165) is 6.26 Å². The van der Waals surface area contributed by atoms with Crippen molar-refractivity contribution < 1.29 is 40.6 Å². The van der Waals surface area contributed by atoms with Crippen LogP contribution in [0.5, 0.6) is 5.75 Å². The van der Waals surface area contributed by atoms with E-state index in [4.69, 9.17) is 14.2 Å². The maximum Gasteiger partial charge on any atom is 0.514 e. The Morgan fingerprint density at radius 2 is 1.17 bits per heavy atom. The second kappa shape index (κ2) is 19.2. The second-order valence-corrected chi connectivity index (χ2v) is 17.8. The molecule has 0 amide bonds. The van der Waals surface area contributed by atoms with Gasteiger partial charge in [0, 0.05) is 6.26 Å². The summed E-state index contributed by atoms with van der Waals surface area (Å²) < 4.78 is 69.4. The first kappa shape index (κ1) is 57.1. The summed E-state index contributed by atoms with van der Waals surface area (Å²) in [5.74, 6) is -2.03. The van der Waals surface area contributed by atoms with Gasteiger partial charge >= 0.3 is 12.1 Å². The average molecular weight is 715 g/mol. The van der Waals surface area contributed by atoms with Gasteiger partial charge in [0.1, 0.15) is 17.0 Å². The summed E-state index contributed by atoms with van der Waals surface area (Å²) in [4.78, 5) is 25.0. The highest BCUT2D eigenvalue weighted by Crippen LogP contribution is 2.56. The fraction of sp³-hybridized carbons (Fsp3) is 0.778. The van der Waals surface area contributed by atoms with Gasteiger partial charge in [0.15, 0.2) is 19.7 Å². The monoisotopic (exact) mass is 714 g/mol. The standard InChI is InChI=1S/C28H42O9S2.8CH4/c1-10-28(8,18-11-13-19(14-12-18)35-25(30)37-27(5,6)7)39(33,34)22-17-15-20(23(22)38(9,31)32)21(16-17)24(29)36-26(2,3)4;;;;;;;;/h11-14,17,20-23H,10,15-16H2,1-9H3;8*1H4. The van der Waals surface area contributed by atoms with Crippen molar-refractivity contribution in [3.8, 4) is 5.75 Å². The molecule has 6 atom stereocenters. The van der Waals surface area contributed by atoms with E-state index in [0.29, 0.717) is 12.0 Å². The molecule has 2 saturated carbocycles. The van der Waals surface area contributed by atoms with Crippen LogP contribution in [0.15, 0.2) is 24.3 Å². The maximum atomic E-state index is 14.4. The van der Waals surface area contributed by atoms with Crippen LogP contribution in [0, 0.1) is 17.8 Å². The Balaban J connectivity index is -0.000000525. The van der Waals surface area contributed by atoms with Crippen molar-refractivity contribution in [2.24, 2.45) is 17.8 Å². The van der Waals surface area contributed by atoms with Crippen LogP contribution in [-0.4, -0.2) is 56.9 Å². The van der Waals surface area contributed by atoms with Gasteiger partial charge in [-0.2, -0.15) is 0 Å². The molecule has 0 aliphatic heterocycles. The first-order chi connectivity index (χ1) is 17.6. The number of sulfone groups is 2. The zero-order valence-electron chi connectivity index (χ0n) is 24.3. The summed E-state index contributed by atoms with van der Waals surface area (Å²) in [5.41, 5.74) is -1.00. The van der Waals surface area contributed by atoms with Crippen molar-refractivity contribution in [3.63, 3.8) is 0 Å². The van der Waals surface area contributed by atoms with Crippen LogP contribution >= 0.6 is 0 Å². The average Bonchev–Trinajstić information content (AvgIpc) is 3.35. The van der Waals surface area contributed by atoms with E-state index in [9.17, 15) is 26.4 Å².